The molecule has 0 radical (unpaired) electrons. The number of carbonyl (C=O) groups excluding carboxylic acids is 1. The first-order valence-corrected chi connectivity index (χ1v) is 10.9. The van der Waals surface area contributed by atoms with E-state index in [-0.39, 0.29) is 5.91 Å². The van der Waals surface area contributed by atoms with E-state index in [0.717, 1.165) is 27.9 Å². The van der Waals surface area contributed by atoms with Gasteiger partial charge in [0.05, 0.1) is 19.9 Å². The Hall–Kier alpha value is -3.26. The minimum absolute atomic E-state index is 0.0635. The van der Waals surface area contributed by atoms with Gasteiger partial charge >= 0.3 is 0 Å². The molecular formula is C23H26N4O3S. The Balaban J connectivity index is 1.71. The van der Waals surface area contributed by atoms with Crippen LogP contribution in [0, 0.1) is 0 Å². The van der Waals surface area contributed by atoms with E-state index in [0.29, 0.717) is 31.0 Å². The van der Waals surface area contributed by atoms with E-state index < -0.39 is 0 Å². The molecule has 162 valence electrons. The van der Waals surface area contributed by atoms with Crippen LogP contribution in [0.4, 0.5) is 0 Å². The van der Waals surface area contributed by atoms with Crippen molar-refractivity contribution in [1.29, 1.82) is 0 Å². The zero-order valence-corrected chi connectivity index (χ0v) is 18.5. The molecule has 8 heteroatoms. The Kier molecular flexibility index (Phi) is 8.12. The van der Waals surface area contributed by atoms with Gasteiger partial charge in [-0.25, -0.2) is 0 Å². The summed E-state index contributed by atoms with van der Waals surface area (Å²) in [6.45, 7) is 4.18. The SMILES string of the molecule is C=CCSc1nnc(CCC(=O)NCc2ccccc2OC)n1-c1cccc(OC)c1. The van der Waals surface area contributed by atoms with Gasteiger partial charge in [-0.2, -0.15) is 0 Å². The van der Waals surface area contributed by atoms with E-state index in [1.165, 1.54) is 11.8 Å². The van der Waals surface area contributed by atoms with E-state index in [1.807, 2.05) is 59.2 Å². The highest BCUT2D eigenvalue weighted by atomic mass is 32.2. The van der Waals surface area contributed by atoms with Gasteiger partial charge in [-0.15, -0.1) is 16.8 Å². The van der Waals surface area contributed by atoms with Gasteiger partial charge < -0.3 is 14.8 Å². The van der Waals surface area contributed by atoms with Crippen molar-refractivity contribution in [2.45, 2.75) is 24.5 Å². The summed E-state index contributed by atoms with van der Waals surface area (Å²) in [7, 11) is 3.25. The Morgan fingerprint density at radius 2 is 2.00 bits per heavy atom. The van der Waals surface area contributed by atoms with Crippen molar-refractivity contribution in [1.82, 2.24) is 20.1 Å². The number of nitrogens with one attached hydrogen (secondary N) is 1. The van der Waals surface area contributed by atoms with E-state index in [4.69, 9.17) is 9.47 Å². The van der Waals surface area contributed by atoms with Crippen molar-refractivity contribution in [3.63, 3.8) is 0 Å². The first-order valence-electron chi connectivity index (χ1n) is 9.87. The number of hydrogen-bond donors (Lipinski definition) is 1. The van der Waals surface area contributed by atoms with Crippen LogP contribution in [-0.2, 0) is 17.8 Å². The number of aryl methyl sites for hydroxylation is 1. The standard InChI is InChI=1S/C23H26N4O3S/c1-4-14-31-23-26-25-21(27(23)18-9-7-10-19(15-18)29-2)12-13-22(28)24-16-17-8-5-6-11-20(17)30-3/h4-11,15H,1,12-14,16H2,2-3H3,(H,24,28). The summed E-state index contributed by atoms with van der Waals surface area (Å²) in [5.41, 5.74) is 1.82. The first kappa shape index (κ1) is 22.4. The molecule has 1 amide bonds. The molecule has 0 atom stereocenters. The monoisotopic (exact) mass is 438 g/mol. The summed E-state index contributed by atoms with van der Waals surface area (Å²) in [4.78, 5) is 12.5. The third-order valence-corrected chi connectivity index (χ3v) is 5.51. The summed E-state index contributed by atoms with van der Waals surface area (Å²) >= 11 is 1.54. The molecule has 0 bridgehead atoms. The number of aromatic nitrogens is 3. The second kappa shape index (κ2) is 11.2. The Morgan fingerprint density at radius 1 is 1.16 bits per heavy atom. The van der Waals surface area contributed by atoms with Crippen molar-refractivity contribution in [2.24, 2.45) is 0 Å². The van der Waals surface area contributed by atoms with Crippen LogP contribution < -0.4 is 14.8 Å². The lowest BCUT2D eigenvalue weighted by Gasteiger charge is -2.12. The van der Waals surface area contributed by atoms with E-state index in [2.05, 4.69) is 22.1 Å². The van der Waals surface area contributed by atoms with Gasteiger partial charge in [0.2, 0.25) is 5.91 Å². The lowest BCUT2D eigenvalue weighted by molar-refractivity contribution is -0.121. The predicted octanol–water partition coefficient (Wildman–Crippen LogP) is 3.81. The maximum atomic E-state index is 12.5. The van der Waals surface area contributed by atoms with Gasteiger partial charge in [0.15, 0.2) is 5.16 Å². The largest absolute Gasteiger partial charge is 0.497 e. The van der Waals surface area contributed by atoms with Crippen LogP contribution in [0.15, 0.2) is 66.3 Å². The van der Waals surface area contributed by atoms with E-state index >= 15 is 0 Å². The number of methoxy groups -OCH3 is 2. The van der Waals surface area contributed by atoms with Gasteiger partial charge in [-0.3, -0.25) is 9.36 Å². The molecule has 0 aliphatic rings. The molecular weight excluding hydrogens is 412 g/mol. The van der Waals surface area contributed by atoms with Crippen molar-refractivity contribution < 1.29 is 14.3 Å². The van der Waals surface area contributed by atoms with Crippen LogP contribution in [0.5, 0.6) is 11.5 Å². The number of ether oxygens (including phenoxy) is 2. The molecule has 1 heterocycles. The number of thioether (sulfide) groups is 1. The van der Waals surface area contributed by atoms with Gasteiger partial charge in [0.25, 0.3) is 0 Å². The fraction of sp³-hybridized carbons (Fsp3) is 0.261. The second-order valence-electron chi connectivity index (χ2n) is 6.62. The number of hydrogen-bond acceptors (Lipinski definition) is 6. The molecule has 1 N–H and O–H groups in total. The zero-order chi connectivity index (χ0) is 22.1. The minimum atomic E-state index is -0.0635. The number of carbonyl (C=O) groups is 1. The average molecular weight is 439 g/mol. The van der Waals surface area contributed by atoms with Gasteiger partial charge in [-0.1, -0.05) is 42.1 Å². The number of benzene rings is 2. The van der Waals surface area contributed by atoms with Crippen molar-refractivity contribution in [3.8, 4) is 17.2 Å². The highest BCUT2D eigenvalue weighted by molar-refractivity contribution is 7.99. The van der Waals surface area contributed by atoms with Crippen LogP contribution in [0.3, 0.4) is 0 Å². The third kappa shape index (κ3) is 5.88. The Morgan fingerprint density at radius 3 is 2.77 bits per heavy atom. The second-order valence-corrected chi connectivity index (χ2v) is 7.61. The van der Waals surface area contributed by atoms with Gasteiger partial charge in [-0.05, 0) is 18.2 Å². The van der Waals surface area contributed by atoms with Crippen LogP contribution in [0.1, 0.15) is 17.8 Å². The lowest BCUT2D eigenvalue weighted by Crippen LogP contribution is -2.23. The summed E-state index contributed by atoms with van der Waals surface area (Å²) in [6, 6.07) is 15.3. The zero-order valence-electron chi connectivity index (χ0n) is 17.7. The molecule has 0 fully saturated rings. The van der Waals surface area contributed by atoms with E-state index in [9.17, 15) is 4.79 Å². The van der Waals surface area contributed by atoms with E-state index in [1.54, 1.807) is 14.2 Å². The fourth-order valence-electron chi connectivity index (χ4n) is 3.05. The maximum absolute atomic E-state index is 12.5. The molecule has 3 aromatic rings. The van der Waals surface area contributed by atoms with Gasteiger partial charge in [0.1, 0.15) is 17.3 Å². The highest BCUT2D eigenvalue weighted by Gasteiger charge is 2.16. The molecule has 0 spiro atoms. The molecule has 0 unspecified atom stereocenters. The van der Waals surface area contributed by atoms with Crippen molar-refractivity contribution in [3.05, 3.63) is 72.6 Å². The summed E-state index contributed by atoms with van der Waals surface area (Å²) in [6.07, 6.45) is 2.57. The number of rotatable bonds is 11. The predicted molar refractivity (Wildman–Crippen MR) is 122 cm³/mol. The maximum Gasteiger partial charge on any atom is 0.220 e. The Bertz CT molecular complexity index is 1040. The number of nitrogens with zero attached hydrogens (tertiary/aromatic N) is 3. The summed E-state index contributed by atoms with van der Waals surface area (Å²) in [5.74, 6) is 2.86. The number of para-hydroxylation sites is 1. The highest BCUT2D eigenvalue weighted by Crippen LogP contribution is 2.25. The first-order chi connectivity index (χ1) is 15.2. The van der Waals surface area contributed by atoms with Crippen LogP contribution in [-0.4, -0.2) is 40.6 Å². The fourth-order valence-corrected chi connectivity index (χ4v) is 3.76. The molecule has 2 aromatic carbocycles. The number of amides is 1. The van der Waals surface area contributed by atoms with Crippen molar-refractivity contribution >= 4 is 17.7 Å². The molecule has 3 rings (SSSR count). The van der Waals surface area contributed by atoms with Gasteiger partial charge in [0, 0.05) is 36.8 Å². The van der Waals surface area contributed by atoms with Crippen LogP contribution in [0.2, 0.25) is 0 Å². The smallest absolute Gasteiger partial charge is 0.220 e. The Labute approximate surface area is 186 Å². The normalized spacial score (nSPS) is 10.5. The van der Waals surface area contributed by atoms with Crippen LogP contribution >= 0.6 is 11.8 Å². The minimum Gasteiger partial charge on any atom is -0.497 e. The third-order valence-electron chi connectivity index (χ3n) is 4.59. The summed E-state index contributed by atoms with van der Waals surface area (Å²) < 4.78 is 12.6. The molecule has 7 nitrogen and oxygen atoms in total. The lowest BCUT2D eigenvalue weighted by atomic mass is 10.2. The molecule has 1 aromatic heterocycles. The quantitative estimate of drug-likeness (QED) is 0.362. The topological polar surface area (TPSA) is 78.3 Å². The summed E-state index contributed by atoms with van der Waals surface area (Å²) in [5, 5.41) is 12.3. The molecule has 31 heavy (non-hydrogen) atoms. The average Bonchev–Trinajstić information content (AvgIpc) is 3.22. The molecule has 0 saturated carbocycles. The van der Waals surface area contributed by atoms with Crippen LogP contribution in [0.25, 0.3) is 5.69 Å². The molecule has 0 aliphatic heterocycles. The van der Waals surface area contributed by atoms with Crippen molar-refractivity contribution in [2.75, 3.05) is 20.0 Å². The molecule has 0 saturated heterocycles. The molecule has 0 aliphatic carbocycles.